The number of hydrogen-bond donors (Lipinski definition) is 1. The second-order valence-corrected chi connectivity index (χ2v) is 6.07. The summed E-state index contributed by atoms with van der Waals surface area (Å²) in [6.07, 6.45) is -0.505. The summed E-state index contributed by atoms with van der Waals surface area (Å²) >= 11 is 0. The Morgan fingerprint density at radius 3 is 2.43 bits per heavy atom. The minimum absolute atomic E-state index is 0.505. The molecule has 1 atom stereocenters. The molecule has 0 aliphatic carbocycles. The molecule has 4 nitrogen and oxygen atoms in total. The molecule has 1 heterocycles. The molecule has 0 bridgehead atoms. The fourth-order valence-electron chi connectivity index (χ4n) is 2.71. The van der Waals surface area contributed by atoms with E-state index in [1.54, 1.807) is 0 Å². The monoisotopic (exact) mass is 311 g/mol. The molecule has 1 unspecified atom stereocenters. The minimum Gasteiger partial charge on any atom is -0.387 e. The lowest BCUT2D eigenvalue weighted by Gasteiger charge is -2.24. The maximum Gasteiger partial charge on any atom is 0.120 e. The highest BCUT2D eigenvalue weighted by Crippen LogP contribution is 2.19. The van der Waals surface area contributed by atoms with Gasteiger partial charge in [-0.15, -0.1) is 0 Å². The molecule has 0 spiro atoms. The van der Waals surface area contributed by atoms with Crippen molar-refractivity contribution < 1.29 is 5.11 Å². The molecule has 1 N–H and O–H groups in total. The van der Waals surface area contributed by atoms with Crippen molar-refractivity contribution in [3.8, 4) is 6.07 Å². The smallest absolute Gasteiger partial charge is 0.120 e. The van der Waals surface area contributed by atoms with E-state index in [0.717, 1.165) is 29.9 Å². The Hall–Kier alpha value is -2.09. The van der Waals surface area contributed by atoms with Crippen LogP contribution in [0.15, 0.2) is 30.3 Å². The van der Waals surface area contributed by atoms with Gasteiger partial charge in [-0.3, -0.25) is 4.90 Å². The first kappa shape index (κ1) is 17.3. The van der Waals surface area contributed by atoms with E-state index in [2.05, 4.69) is 17.9 Å². The molecule has 2 aromatic rings. The summed E-state index contributed by atoms with van der Waals surface area (Å²) in [5, 5.41) is 19.6. The Kier molecular flexibility index (Phi) is 5.59. The quantitative estimate of drug-likeness (QED) is 0.892. The summed E-state index contributed by atoms with van der Waals surface area (Å²) in [5.74, 6) is 0. The molecule has 4 heteroatoms. The number of aromatic nitrogens is 1. The maximum absolute atomic E-state index is 10.5. The highest BCUT2D eigenvalue weighted by Gasteiger charge is 2.16. The van der Waals surface area contributed by atoms with E-state index < -0.39 is 6.10 Å². The van der Waals surface area contributed by atoms with E-state index in [9.17, 15) is 5.11 Å². The van der Waals surface area contributed by atoms with Crippen molar-refractivity contribution in [2.75, 3.05) is 13.1 Å². The first-order valence-corrected chi connectivity index (χ1v) is 7.98. The molecule has 23 heavy (non-hydrogen) atoms. The summed E-state index contributed by atoms with van der Waals surface area (Å²) in [7, 11) is 1.91. The largest absolute Gasteiger partial charge is 0.387 e. The van der Waals surface area contributed by atoms with Crippen LogP contribution in [0.4, 0.5) is 0 Å². The van der Waals surface area contributed by atoms with Gasteiger partial charge in [0.1, 0.15) is 11.8 Å². The minimum atomic E-state index is -0.505. The van der Waals surface area contributed by atoms with Gasteiger partial charge in [0, 0.05) is 25.8 Å². The normalized spacial score (nSPS) is 12.4. The molecule has 0 saturated heterocycles. The first-order chi connectivity index (χ1) is 11.0. The third-order valence-electron chi connectivity index (χ3n) is 4.49. The van der Waals surface area contributed by atoms with Crippen molar-refractivity contribution in [2.45, 2.75) is 33.4 Å². The Labute approximate surface area is 138 Å². The van der Waals surface area contributed by atoms with Crippen LogP contribution in [0.25, 0.3) is 0 Å². The van der Waals surface area contributed by atoms with Crippen LogP contribution in [0.2, 0.25) is 0 Å². The predicted octanol–water partition coefficient (Wildman–Crippen LogP) is 3.07. The molecule has 0 fully saturated rings. The number of aryl methyl sites for hydroxylation is 1. The van der Waals surface area contributed by atoms with Crippen LogP contribution in [0.3, 0.4) is 0 Å². The number of nitriles is 1. The van der Waals surface area contributed by atoms with Gasteiger partial charge in [0.15, 0.2) is 0 Å². The van der Waals surface area contributed by atoms with E-state index in [-0.39, 0.29) is 0 Å². The highest BCUT2D eigenvalue weighted by molar-refractivity contribution is 5.34. The average Bonchev–Trinajstić information content (AvgIpc) is 2.82. The fraction of sp³-hybridized carbons (Fsp3) is 0.421. The molecule has 0 aliphatic heterocycles. The molecule has 2 rings (SSSR count). The molecule has 1 aromatic heterocycles. The van der Waals surface area contributed by atoms with Crippen molar-refractivity contribution in [3.05, 3.63) is 58.4 Å². The molecule has 0 aliphatic rings. The number of rotatable bonds is 6. The Morgan fingerprint density at radius 1 is 1.26 bits per heavy atom. The molecule has 0 radical (unpaired) electrons. The second-order valence-electron chi connectivity index (χ2n) is 6.07. The third-order valence-corrected chi connectivity index (χ3v) is 4.49. The van der Waals surface area contributed by atoms with E-state index in [4.69, 9.17) is 5.26 Å². The van der Waals surface area contributed by atoms with Gasteiger partial charge >= 0.3 is 0 Å². The Bertz CT molecular complexity index is 695. The van der Waals surface area contributed by atoms with Gasteiger partial charge in [-0.2, -0.15) is 5.26 Å². The first-order valence-electron chi connectivity index (χ1n) is 7.98. The number of aliphatic hydroxyl groups excluding tert-OH is 1. The summed E-state index contributed by atoms with van der Waals surface area (Å²) in [4.78, 5) is 2.20. The van der Waals surface area contributed by atoms with Crippen LogP contribution < -0.4 is 0 Å². The van der Waals surface area contributed by atoms with Gasteiger partial charge in [-0.1, -0.05) is 36.8 Å². The number of nitrogens with zero attached hydrogens (tertiary/aromatic N) is 3. The SMILES string of the molecule is CCN(Cc1cc(C#N)n(C)c1C)CC(O)c1ccc(C)cc1. The number of aliphatic hydroxyl groups is 1. The predicted molar refractivity (Wildman–Crippen MR) is 92.0 cm³/mol. The molecule has 0 amide bonds. The lowest BCUT2D eigenvalue weighted by atomic mass is 10.1. The molecule has 122 valence electrons. The number of likely N-dealkylation sites (N-methyl/N-ethyl adjacent to an activating group) is 1. The highest BCUT2D eigenvalue weighted by atomic mass is 16.3. The van der Waals surface area contributed by atoms with Crippen molar-refractivity contribution in [3.63, 3.8) is 0 Å². The van der Waals surface area contributed by atoms with Gasteiger partial charge in [0.25, 0.3) is 0 Å². The zero-order chi connectivity index (χ0) is 17.0. The molecular formula is C19H25N3O. The molecular weight excluding hydrogens is 286 g/mol. The van der Waals surface area contributed by atoms with Crippen molar-refractivity contribution >= 4 is 0 Å². The van der Waals surface area contributed by atoms with E-state index in [1.165, 1.54) is 5.56 Å². The van der Waals surface area contributed by atoms with Crippen molar-refractivity contribution in [1.29, 1.82) is 5.26 Å². The van der Waals surface area contributed by atoms with E-state index in [0.29, 0.717) is 12.2 Å². The summed E-state index contributed by atoms with van der Waals surface area (Å²) in [6.45, 7) is 8.32. The standard InChI is InChI=1S/C19H25N3O/c1-5-22(12-17-10-18(11-20)21(4)15(17)3)13-19(23)16-8-6-14(2)7-9-16/h6-10,19,23H,5,12-13H2,1-4H3. The maximum atomic E-state index is 10.5. The lowest BCUT2D eigenvalue weighted by molar-refractivity contribution is 0.112. The van der Waals surface area contributed by atoms with Crippen LogP contribution in [0.5, 0.6) is 0 Å². The van der Waals surface area contributed by atoms with E-state index in [1.807, 2.05) is 55.8 Å². The zero-order valence-corrected chi connectivity index (χ0v) is 14.4. The fourth-order valence-corrected chi connectivity index (χ4v) is 2.71. The van der Waals surface area contributed by atoms with Crippen LogP contribution in [-0.4, -0.2) is 27.7 Å². The topological polar surface area (TPSA) is 52.2 Å². The van der Waals surface area contributed by atoms with Gasteiger partial charge in [0.2, 0.25) is 0 Å². The second kappa shape index (κ2) is 7.45. The lowest BCUT2D eigenvalue weighted by Crippen LogP contribution is -2.28. The average molecular weight is 311 g/mol. The zero-order valence-electron chi connectivity index (χ0n) is 14.4. The Balaban J connectivity index is 2.08. The summed E-state index contributed by atoms with van der Waals surface area (Å²) < 4.78 is 1.92. The third kappa shape index (κ3) is 4.01. The number of benzene rings is 1. The van der Waals surface area contributed by atoms with Gasteiger partial charge in [0.05, 0.1) is 6.10 Å². The van der Waals surface area contributed by atoms with Gasteiger partial charge < -0.3 is 9.67 Å². The van der Waals surface area contributed by atoms with Crippen LogP contribution in [0, 0.1) is 25.2 Å². The summed E-state index contributed by atoms with van der Waals surface area (Å²) in [6, 6.07) is 12.2. The van der Waals surface area contributed by atoms with Gasteiger partial charge in [-0.05, 0) is 37.6 Å². The summed E-state index contributed by atoms with van der Waals surface area (Å²) in [5.41, 5.74) is 5.05. The van der Waals surface area contributed by atoms with Gasteiger partial charge in [-0.25, -0.2) is 0 Å². The molecule has 1 aromatic carbocycles. The van der Waals surface area contributed by atoms with E-state index >= 15 is 0 Å². The Morgan fingerprint density at radius 2 is 1.91 bits per heavy atom. The van der Waals surface area contributed by atoms with Crippen LogP contribution in [0.1, 0.15) is 41.1 Å². The molecule has 0 saturated carbocycles. The number of hydrogen-bond acceptors (Lipinski definition) is 3. The van der Waals surface area contributed by atoms with Crippen molar-refractivity contribution in [2.24, 2.45) is 7.05 Å². The van der Waals surface area contributed by atoms with Crippen molar-refractivity contribution in [1.82, 2.24) is 9.47 Å². The van der Waals surface area contributed by atoms with Crippen LogP contribution in [-0.2, 0) is 13.6 Å². The van der Waals surface area contributed by atoms with Crippen LogP contribution >= 0.6 is 0 Å².